The second kappa shape index (κ2) is 12.3. The molecule has 0 aliphatic carbocycles. The zero-order chi connectivity index (χ0) is 24.8. The number of piperidine rings is 1. The number of aliphatic hydroxyl groups excluding tert-OH is 4. The second-order valence-corrected chi connectivity index (χ2v) is 9.76. The minimum absolute atomic E-state index is 0.226. The van der Waals surface area contributed by atoms with Gasteiger partial charge in [0.2, 0.25) is 0 Å². The van der Waals surface area contributed by atoms with Crippen LogP contribution in [0, 0.1) is 0 Å². The monoisotopic (exact) mass is 502 g/mol. The van der Waals surface area contributed by atoms with E-state index in [0.29, 0.717) is 18.2 Å². The van der Waals surface area contributed by atoms with E-state index >= 15 is 0 Å². The van der Waals surface area contributed by atoms with Gasteiger partial charge in [-0.15, -0.1) is 0 Å². The molecule has 0 aromatic heterocycles. The van der Waals surface area contributed by atoms with Crippen molar-refractivity contribution in [2.45, 2.75) is 43.6 Å². The van der Waals surface area contributed by atoms with Crippen molar-refractivity contribution in [1.82, 2.24) is 4.90 Å². The summed E-state index contributed by atoms with van der Waals surface area (Å²) >= 11 is 6.35. The van der Waals surface area contributed by atoms with Gasteiger partial charge in [-0.1, -0.05) is 41.9 Å². The molecule has 1 fully saturated rings. The van der Waals surface area contributed by atoms with Crippen LogP contribution in [0.1, 0.15) is 23.1 Å². The predicted octanol–water partition coefficient (Wildman–Crippen LogP) is 2.10. The summed E-state index contributed by atoms with van der Waals surface area (Å²) in [5, 5.41) is 43.8. The summed E-state index contributed by atoms with van der Waals surface area (Å²) < 4.78 is 5.41. The number of aliphatic hydroxyl groups is 4. The maximum absolute atomic E-state index is 10.1. The number of likely N-dealkylation sites (tertiary alicyclic amines) is 1. The molecule has 2 aromatic rings. The Balaban J connectivity index is 1.27. The second-order valence-electron chi connectivity index (χ2n) is 9.32. The van der Waals surface area contributed by atoms with Gasteiger partial charge in [0.1, 0.15) is 12.2 Å². The molecule has 0 spiro atoms. The van der Waals surface area contributed by atoms with Crippen LogP contribution in [0.2, 0.25) is 5.02 Å². The summed E-state index contributed by atoms with van der Waals surface area (Å²) in [5.41, 5.74) is 5.77. The number of benzene rings is 2. The van der Waals surface area contributed by atoms with Gasteiger partial charge in [0.15, 0.2) is 0 Å². The molecule has 0 radical (unpaired) electrons. The van der Waals surface area contributed by atoms with E-state index < -0.39 is 24.4 Å². The van der Waals surface area contributed by atoms with E-state index in [1.165, 1.54) is 11.1 Å². The van der Waals surface area contributed by atoms with Crippen molar-refractivity contribution >= 4 is 22.9 Å². The molecule has 1 saturated heterocycles. The molecule has 4 rings (SSSR count). The minimum Gasteiger partial charge on any atom is -0.395 e. The maximum atomic E-state index is 10.1. The highest BCUT2D eigenvalue weighted by atomic mass is 35.5. The number of β-amino-alcohol motifs (C(OH)–C–C–N with tert-alkyl or cyclic N) is 1. The Labute approximate surface area is 211 Å². The third-order valence-electron chi connectivity index (χ3n) is 6.90. The first-order valence-electron chi connectivity index (χ1n) is 12.2. The summed E-state index contributed by atoms with van der Waals surface area (Å²) in [4.78, 5) is 1.84. The van der Waals surface area contributed by atoms with Crippen molar-refractivity contribution in [1.29, 1.82) is 0 Å². The van der Waals surface area contributed by atoms with Gasteiger partial charge >= 0.3 is 0 Å². The molecule has 0 amide bonds. The highest BCUT2D eigenvalue weighted by Crippen LogP contribution is 2.27. The van der Waals surface area contributed by atoms with Crippen LogP contribution in [0.3, 0.4) is 0 Å². The van der Waals surface area contributed by atoms with Crippen LogP contribution in [0.4, 0.5) is 5.69 Å². The standard InChI is InChI=1S/C27H35ClN2O5/c28-22-13-21(20-7-11-35-12-8-20)14-23(15-22)29-9-5-18-1-3-19(4-2-18)6-10-30-16-25(32)27(34)26(33)24(30)17-31/h1-4,7,13-15,24-27,29,31-34H,5-6,8-12,16-17H2/t24-,25+,26-,27-/m1/s1. The van der Waals surface area contributed by atoms with Crippen LogP contribution in [-0.4, -0.2) is 89.1 Å². The lowest BCUT2D eigenvalue weighted by Gasteiger charge is -2.43. The van der Waals surface area contributed by atoms with Crippen LogP contribution in [0.15, 0.2) is 48.5 Å². The van der Waals surface area contributed by atoms with Crippen molar-refractivity contribution in [2.75, 3.05) is 44.8 Å². The van der Waals surface area contributed by atoms with Crippen molar-refractivity contribution in [3.05, 3.63) is 70.3 Å². The number of nitrogens with one attached hydrogen (secondary N) is 1. The van der Waals surface area contributed by atoms with Gasteiger partial charge in [-0.25, -0.2) is 0 Å². The minimum atomic E-state index is -1.23. The van der Waals surface area contributed by atoms with Crippen molar-refractivity contribution < 1.29 is 25.2 Å². The number of hydrogen-bond donors (Lipinski definition) is 5. The topological polar surface area (TPSA) is 105 Å². The van der Waals surface area contributed by atoms with Gasteiger partial charge < -0.3 is 30.5 Å². The molecule has 8 heteroatoms. The van der Waals surface area contributed by atoms with E-state index in [1.54, 1.807) is 0 Å². The molecule has 4 atom stereocenters. The number of rotatable bonds is 9. The van der Waals surface area contributed by atoms with Gasteiger partial charge in [0.25, 0.3) is 0 Å². The molecule has 7 nitrogen and oxygen atoms in total. The van der Waals surface area contributed by atoms with Gasteiger partial charge in [-0.2, -0.15) is 0 Å². The van der Waals surface area contributed by atoms with Gasteiger partial charge in [-0.3, -0.25) is 4.90 Å². The first kappa shape index (κ1) is 26.1. The summed E-state index contributed by atoms with van der Waals surface area (Å²) in [7, 11) is 0. The Hall–Kier alpha value is -1.97. The Morgan fingerprint density at radius 1 is 1.00 bits per heavy atom. The Morgan fingerprint density at radius 3 is 2.43 bits per heavy atom. The molecular weight excluding hydrogens is 468 g/mol. The smallest absolute Gasteiger partial charge is 0.109 e. The largest absolute Gasteiger partial charge is 0.395 e. The number of ether oxygens (including phenoxy) is 1. The fourth-order valence-corrected chi connectivity index (χ4v) is 5.03. The highest BCUT2D eigenvalue weighted by molar-refractivity contribution is 6.31. The van der Waals surface area contributed by atoms with Crippen LogP contribution >= 0.6 is 11.6 Å². The predicted molar refractivity (Wildman–Crippen MR) is 138 cm³/mol. The maximum Gasteiger partial charge on any atom is 0.109 e. The summed E-state index contributed by atoms with van der Waals surface area (Å²) in [6.45, 7) is 2.70. The van der Waals surface area contributed by atoms with Crippen LogP contribution in [-0.2, 0) is 17.6 Å². The summed E-state index contributed by atoms with van der Waals surface area (Å²) in [6.07, 6.45) is 1.18. The average molecular weight is 503 g/mol. The van der Waals surface area contributed by atoms with Gasteiger partial charge in [-0.05, 0) is 59.7 Å². The Kier molecular flexibility index (Phi) is 9.19. The fourth-order valence-electron chi connectivity index (χ4n) is 4.80. The van der Waals surface area contributed by atoms with E-state index in [9.17, 15) is 20.4 Å². The lowest BCUT2D eigenvalue weighted by molar-refractivity contribution is -0.144. The number of nitrogens with zero attached hydrogens (tertiary/aromatic N) is 1. The zero-order valence-electron chi connectivity index (χ0n) is 19.8. The van der Waals surface area contributed by atoms with Gasteiger partial charge in [0, 0.05) is 30.3 Å². The van der Waals surface area contributed by atoms with Crippen LogP contribution in [0.5, 0.6) is 0 Å². The van der Waals surface area contributed by atoms with Crippen molar-refractivity contribution in [3.8, 4) is 0 Å². The van der Waals surface area contributed by atoms with Crippen LogP contribution < -0.4 is 5.32 Å². The Bertz CT molecular complexity index is 1000. The molecule has 2 aliphatic heterocycles. The SMILES string of the molecule is OC[C@@H]1[C@@H](O)[C@H](O)[C@@H](O)CN1CCc1ccc(CCNc2cc(Cl)cc(C3=CCOCC3)c2)cc1. The summed E-state index contributed by atoms with van der Waals surface area (Å²) in [5.74, 6) is 0. The van der Waals surface area contributed by atoms with E-state index in [0.717, 1.165) is 49.2 Å². The summed E-state index contributed by atoms with van der Waals surface area (Å²) in [6, 6.07) is 13.9. The number of halogens is 1. The lowest BCUT2D eigenvalue weighted by atomic mass is 9.93. The molecule has 35 heavy (non-hydrogen) atoms. The molecule has 2 aliphatic rings. The lowest BCUT2D eigenvalue weighted by Crippen LogP contribution is -2.62. The molecule has 5 N–H and O–H groups in total. The van der Waals surface area contributed by atoms with E-state index in [-0.39, 0.29) is 13.2 Å². The normalized spacial score (nSPS) is 25.3. The molecule has 0 saturated carbocycles. The Morgan fingerprint density at radius 2 is 1.74 bits per heavy atom. The quantitative estimate of drug-likeness (QED) is 0.357. The first-order valence-corrected chi connectivity index (χ1v) is 12.6. The number of hydrogen-bond acceptors (Lipinski definition) is 7. The molecular formula is C27H35ClN2O5. The molecule has 190 valence electrons. The molecule has 2 aromatic carbocycles. The number of anilines is 1. The fraction of sp³-hybridized carbons (Fsp3) is 0.481. The van der Waals surface area contributed by atoms with E-state index in [1.807, 2.05) is 17.0 Å². The first-order chi connectivity index (χ1) is 16.9. The van der Waals surface area contributed by atoms with Crippen molar-refractivity contribution in [3.63, 3.8) is 0 Å². The highest BCUT2D eigenvalue weighted by Gasteiger charge is 2.40. The van der Waals surface area contributed by atoms with Crippen LogP contribution in [0.25, 0.3) is 5.57 Å². The molecule has 2 heterocycles. The van der Waals surface area contributed by atoms with E-state index in [2.05, 4.69) is 41.7 Å². The zero-order valence-corrected chi connectivity index (χ0v) is 20.6. The van der Waals surface area contributed by atoms with Gasteiger partial charge in [0.05, 0.1) is 32.0 Å². The molecule has 0 unspecified atom stereocenters. The third-order valence-corrected chi connectivity index (χ3v) is 7.12. The molecule has 0 bridgehead atoms. The third kappa shape index (κ3) is 6.83. The average Bonchev–Trinajstić information content (AvgIpc) is 2.87. The van der Waals surface area contributed by atoms with Crippen molar-refractivity contribution in [2.24, 2.45) is 0 Å². The van der Waals surface area contributed by atoms with E-state index in [4.69, 9.17) is 16.3 Å².